The second-order valence-electron chi connectivity index (χ2n) is 6.70. The van der Waals surface area contributed by atoms with Crippen LogP contribution in [0, 0.1) is 0 Å². The van der Waals surface area contributed by atoms with Crippen molar-refractivity contribution in [3.8, 4) is 22.9 Å². The number of phenolic OH excluding ortho intramolecular Hbond substituents is 1. The number of thioether (sulfide) groups is 1. The minimum absolute atomic E-state index is 0.166. The number of phenols is 1. The SMILES string of the molecule is CCCCCSc1nnc2c(n1)OC(c1cc(O)ccc1Br)Nc1ccccc1-2. The zero-order valence-corrected chi connectivity index (χ0v) is 18.3. The first kappa shape index (κ1) is 20.0. The van der Waals surface area contributed by atoms with Gasteiger partial charge in [-0.1, -0.05) is 65.7 Å². The molecule has 0 saturated carbocycles. The lowest BCUT2D eigenvalue weighted by Gasteiger charge is -2.20. The molecule has 0 aliphatic carbocycles. The first-order valence-corrected chi connectivity index (χ1v) is 11.3. The monoisotopic (exact) mass is 472 g/mol. The quantitative estimate of drug-likeness (QED) is 0.346. The molecule has 29 heavy (non-hydrogen) atoms. The fourth-order valence-corrected chi connectivity index (χ4v) is 4.33. The number of fused-ring (bicyclic) bond motifs is 3. The van der Waals surface area contributed by atoms with E-state index in [0.717, 1.165) is 33.5 Å². The molecule has 0 radical (unpaired) electrons. The van der Waals surface area contributed by atoms with Gasteiger partial charge in [-0.3, -0.25) is 0 Å². The third-order valence-electron chi connectivity index (χ3n) is 4.57. The Morgan fingerprint density at radius 3 is 2.90 bits per heavy atom. The second kappa shape index (κ2) is 9.00. The normalized spacial score (nSPS) is 14.9. The summed E-state index contributed by atoms with van der Waals surface area (Å²) in [6.07, 6.45) is 2.93. The number of nitrogens with one attached hydrogen (secondary N) is 1. The van der Waals surface area contributed by atoms with Gasteiger partial charge in [-0.25, -0.2) is 0 Å². The van der Waals surface area contributed by atoms with Crippen LogP contribution in [0.1, 0.15) is 38.0 Å². The van der Waals surface area contributed by atoms with Crippen molar-refractivity contribution in [3.05, 3.63) is 52.5 Å². The number of benzene rings is 2. The lowest BCUT2D eigenvalue weighted by molar-refractivity contribution is 0.224. The van der Waals surface area contributed by atoms with E-state index < -0.39 is 6.23 Å². The van der Waals surface area contributed by atoms with E-state index in [9.17, 15) is 5.11 Å². The maximum absolute atomic E-state index is 9.97. The summed E-state index contributed by atoms with van der Waals surface area (Å²) in [5.41, 5.74) is 3.11. The van der Waals surface area contributed by atoms with Crippen molar-refractivity contribution >= 4 is 33.4 Å². The molecule has 1 aliphatic heterocycles. The van der Waals surface area contributed by atoms with Crippen LogP contribution in [0.4, 0.5) is 5.69 Å². The number of para-hydroxylation sites is 1. The van der Waals surface area contributed by atoms with Crippen LogP contribution in [-0.2, 0) is 0 Å². The van der Waals surface area contributed by atoms with Crippen molar-refractivity contribution in [1.29, 1.82) is 0 Å². The smallest absolute Gasteiger partial charge is 0.247 e. The molecule has 1 aromatic heterocycles. The van der Waals surface area contributed by atoms with Gasteiger partial charge >= 0.3 is 0 Å². The molecule has 3 aromatic rings. The van der Waals surface area contributed by atoms with Gasteiger partial charge in [0.15, 0.2) is 11.9 Å². The Bertz CT molecular complexity index is 1020. The molecule has 2 heterocycles. The molecular weight excluding hydrogens is 452 g/mol. The molecule has 0 amide bonds. The highest BCUT2D eigenvalue weighted by Crippen LogP contribution is 2.41. The van der Waals surface area contributed by atoms with Crippen LogP contribution in [0.3, 0.4) is 0 Å². The fourth-order valence-electron chi connectivity index (χ4n) is 3.10. The highest BCUT2D eigenvalue weighted by Gasteiger charge is 2.27. The number of hydrogen-bond donors (Lipinski definition) is 2. The lowest BCUT2D eigenvalue weighted by atomic mass is 10.1. The maximum atomic E-state index is 9.97. The van der Waals surface area contributed by atoms with Gasteiger partial charge in [0, 0.05) is 27.0 Å². The molecule has 0 saturated heterocycles. The predicted molar refractivity (Wildman–Crippen MR) is 118 cm³/mol. The Kier molecular flexibility index (Phi) is 6.20. The third-order valence-corrected chi connectivity index (χ3v) is 6.22. The van der Waals surface area contributed by atoms with E-state index in [1.54, 1.807) is 30.0 Å². The van der Waals surface area contributed by atoms with Crippen molar-refractivity contribution < 1.29 is 9.84 Å². The molecule has 8 heteroatoms. The molecule has 1 unspecified atom stereocenters. The first-order chi connectivity index (χ1) is 14.2. The highest BCUT2D eigenvalue weighted by molar-refractivity contribution is 9.10. The van der Waals surface area contributed by atoms with E-state index in [0.29, 0.717) is 16.7 Å². The van der Waals surface area contributed by atoms with Gasteiger partial charge < -0.3 is 15.2 Å². The number of nitrogens with zero attached hydrogens (tertiary/aromatic N) is 3. The van der Waals surface area contributed by atoms with Gasteiger partial charge in [-0.15, -0.1) is 10.2 Å². The van der Waals surface area contributed by atoms with E-state index >= 15 is 0 Å². The van der Waals surface area contributed by atoms with E-state index in [1.807, 2.05) is 24.3 Å². The standard InChI is InChI=1S/C21H21BrN4O2S/c1-2-3-6-11-29-21-24-20-18(25-26-21)14-7-4-5-8-17(14)23-19(28-20)15-12-13(27)9-10-16(15)22/h4-5,7-10,12,19,23,27H,2-3,6,11H2,1H3. The average molecular weight is 473 g/mol. The van der Waals surface area contributed by atoms with Crippen LogP contribution in [0.25, 0.3) is 11.3 Å². The van der Waals surface area contributed by atoms with Gasteiger partial charge in [-0.2, -0.15) is 4.98 Å². The molecule has 1 atom stereocenters. The number of aromatic hydroxyl groups is 1. The Morgan fingerprint density at radius 1 is 1.17 bits per heavy atom. The van der Waals surface area contributed by atoms with Crippen molar-refractivity contribution in [2.45, 2.75) is 37.6 Å². The van der Waals surface area contributed by atoms with Crippen LogP contribution in [0.15, 0.2) is 52.1 Å². The molecule has 0 spiro atoms. The number of ether oxygens (including phenoxy) is 1. The summed E-state index contributed by atoms with van der Waals surface area (Å²) in [7, 11) is 0. The van der Waals surface area contributed by atoms with Gasteiger partial charge in [-0.05, 0) is 30.7 Å². The number of halogens is 1. The number of aromatic nitrogens is 3. The first-order valence-electron chi connectivity index (χ1n) is 9.54. The van der Waals surface area contributed by atoms with E-state index in [2.05, 4.69) is 43.4 Å². The number of unbranched alkanes of at least 4 members (excludes halogenated alkanes) is 2. The fraction of sp³-hybridized carbons (Fsp3) is 0.286. The molecule has 6 nitrogen and oxygen atoms in total. The Balaban J connectivity index is 1.72. The minimum atomic E-state index is -0.548. The molecule has 4 rings (SSSR count). The van der Waals surface area contributed by atoms with Gasteiger partial charge in [0.1, 0.15) is 5.75 Å². The summed E-state index contributed by atoms with van der Waals surface area (Å²) in [5, 5.41) is 22.7. The van der Waals surface area contributed by atoms with Crippen LogP contribution >= 0.6 is 27.7 Å². The second-order valence-corrected chi connectivity index (χ2v) is 8.61. The third kappa shape index (κ3) is 4.48. The van der Waals surface area contributed by atoms with Crippen molar-refractivity contribution in [1.82, 2.24) is 15.2 Å². The molecule has 2 N–H and O–H groups in total. The maximum Gasteiger partial charge on any atom is 0.247 e. The zero-order chi connectivity index (χ0) is 20.2. The van der Waals surface area contributed by atoms with E-state index in [-0.39, 0.29) is 5.75 Å². The molecular formula is C21H21BrN4O2S. The van der Waals surface area contributed by atoms with Crippen LogP contribution in [0.2, 0.25) is 0 Å². The largest absolute Gasteiger partial charge is 0.508 e. The predicted octanol–water partition coefficient (Wildman–Crippen LogP) is 5.79. The van der Waals surface area contributed by atoms with Gasteiger partial charge in [0.2, 0.25) is 11.0 Å². The van der Waals surface area contributed by atoms with Crippen molar-refractivity contribution in [2.75, 3.05) is 11.1 Å². The van der Waals surface area contributed by atoms with Crippen molar-refractivity contribution in [3.63, 3.8) is 0 Å². The average Bonchev–Trinajstić information content (AvgIpc) is 2.89. The Morgan fingerprint density at radius 2 is 2.03 bits per heavy atom. The number of anilines is 1. The van der Waals surface area contributed by atoms with Crippen LogP contribution in [0.5, 0.6) is 11.6 Å². The van der Waals surface area contributed by atoms with E-state index in [4.69, 9.17) is 4.74 Å². The number of hydrogen-bond acceptors (Lipinski definition) is 7. The van der Waals surface area contributed by atoms with Crippen molar-refractivity contribution in [2.24, 2.45) is 0 Å². The molecule has 2 aromatic carbocycles. The Hall–Kier alpha value is -2.32. The summed E-state index contributed by atoms with van der Waals surface area (Å²) in [5.74, 6) is 1.54. The number of rotatable bonds is 6. The van der Waals surface area contributed by atoms with Gasteiger partial charge in [0.25, 0.3) is 0 Å². The summed E-state index contributed by atoms with van der Waals surface area (Å²) >= 11 is 5.14. The van der Waals surface area contributed by atoms with E-state index in [1.165, 1.54) is 12.8 Å². The van der Waals surface area contributed by atoms with Crippen LogP contribution < -0.4 is 10.1 Å². The lowest BCUT2D eigenvalue weighted by Crippen LogP contribution is -2.17. The molecule has 1 aliphatic rings. The Labute approximate surface area is 182 Å². The molecule has 0 fully saturated rings. The summed E-state index contributed by atoms with van der Waals surface area (Å²) in [6, 6.07) is 12.9. The molecule has 150 valence electrons. The van der Waals surface area contributed by atoms with Crippen LogP contribution in [-0.4, -0.2) is 26.0 Å². The summed E-state index contributed by atoms with van der Waals surface area (Å²) in [4.78, 5) is 4.65. The zero-order valence-electron chi connectivity index (χ0n) is 15.9. The highest BCUT2D eigenvalue weighted by atomic mass is 79.9. The van der Waals surface area contributed by atoms with Gasteiger partial charge in [0.05, 0.1) is 0 Å². The summed E-state index contributed by atoms with van der Waals surface area (Å²) in [6.45, 7) is 2.18. The summed E-state index contributed by atoms with van der Waals surface area (Å²) < 4.78 is 7.07. The molecule has 0 bridgehead atoms. The topological polar surface area (TPSA) is 80.2 Å². The minimum Gasteiger partial charge on any atom is -0.508 e.